The largest absolute Gasteiger partial charge is 0.489 e. The van der Waals surface area contributed by atoms with Crippen molar-refractivity contribution in [2.24, 2.45) is 4.99 Å². The summed E-state index contributed by atoms with van der Waals surface area (Å²) in [5, 5.41) is 6.33. The molecule has 0 radical (unpaired) electrons. The first-order chi connectivity index (χ1) is 11.6. The topological polar surface area (TPSA) is 33.6 Å². The first-order valence-corrected chi connectivity index (χ1v) is 8.33. The predicted molar refractivity (Wildman–Crippen MR) is 101 cm³/mol. The minimum atomic E-state index is 0.0861. The van der Waals surface area contributed by atoms with Gasteiger partial charge in [-0.3, -0.25) is 0 Å². The molecule has 0 saturated carbocycles. The molecule has 120 valence electrons. The molecule has 0 spiro atoms. The first-order valence-electron chi connectivity index (χ1n) is 7.96. The number of nitrogens with one attached hydrogen (secondary N) is 1. The van der Waals surface area contributed by atoms with E-state index in [0.717, 1.165) is 28.2 Å². The lowest BCUT2D eigenvalue weighted by molar-refractivity contribution is 0.242. The zero-order valence-corrected chi connectivity index (χ0v) is 14.3. The van der Waals surface area contributed by atoms with Gasteiger partial charge in [-0.1, -0.05) is 35.9 Å². The zero-order chi connectivity index (χ0) is 16.7. The Balaban J connectivity index is 1.77. The van der Waals surface area contributed by atoms with Crippen LogP contribution in [0.5, 0.6) is 5.75 Å². The van der Waals surface area contributed by atoms with Crippen LogP contribution in [0.1, 0.15) is 19.4 Å². The Morgan fingerprint density at radius 3 is 2.58 bits per heavy atom. The summed E-state index contributed by atoms with van der Waals surface area (Å²) in [7, 11) is 0. The molecular weight excluding hydrogens is 320 g/mol. The van der Waals surface area contributed by atoms with Gasteiger partial charge in [0.25, 0.3) is 0 Å². The molecule has 0 amide bonds. The van der Waals surface area contributed by atoms with Crippen molar-refractivity contribution in [3.8, 4) is 5.75 Å². The van der Waals surface area contributed by atoms with Crippen molar-refractivity contribution >= 4 is 39.6 Å². The van der Waals surface area contributed by atoms with Crippen molar-refractivity contribution < 1.29 is 4.74 Å². The number of nitrogens with zero attached hydrogens (tertiary/aromatic N) is 1. The molecule has 1 aliphatic heterocycles. The van der Waals surface area contributed by atoms with Gasteiger partial charge in [0.1, 0.15) is 11.6 Å². The lowest BCUT2D eigenvalue weighted by atomic mass is 10.0. The minimum Gasteiger partial charge on any atom is -0.489 e. The summed E-state index contributed by atoms with van der Waals surface area (Å²) in [6.07, 6.45) is 0.0861. The number of amidine groups is 1. The van der Waals surface area contributed by atoms with Crippen LogP contribution in [0.3, 0.4) is 0 Å². The van der Waals surface area contributed by atoms with E-state index in [2.05, 4.69) is 23.5 Å². The molecule has 0 aliphatic carbocycles. The Morgan fingerprint density at radius 2 is 1.83 bits per heavy atom. The van der Waals surface area contributed by atoms with Gasteiger partial charge in [-0.15, -0.1) is 0 Å². The van der Waals surface area contributed by atoms with Crippen LogP contribution in [0.15, 0.2) is 59.6 Å². The van der Waals surface area contributed by atoms with Crippen LogP contribution in [0.2, 0.25) is 5.02 Å². The van der Waals surface area contributed by atoms with Gasteiger partial charge in [-0.2, -0.15) is 0 Å². The lowest BCUT2D eigenvalue weighted by Crippen LogP contribution is -2.16. The summed E-state index contributed by atoms with van der Waals surface area (Å²) in [5.74, 6) is 1.48. The van der Waals surface area contributed by atoms with Crippen molar-refractivity contribution in [3.63, 3.8) is 0 Å². The summed E-state index contributed by atoms with van der Waals surface area (Å²) in [6.45, 7) is 3.96. The standard InChI is InChI=1S/C20H17ClN2O/c1-12(2)24-18-10-9-14(11-15(18)21)20-22-16-7-3-5-13-6-4-8-17(23-20)19(13)16/h3-12H,1-2H3,(H,22,23). The highest BCUT2D eigenvalue weighted by Gasteiger charge is 2.16. The zero-order valence-electron chi connectivity index (χ0n) is 13.5. The molecule has 4 rings (SSSR count). The number of halogens is 1. The third-order valence-electron chi connectivity index (χ3n) is 3.94. The van der Waals surface area contributed by atoms with Crippen LogP contribution in [-0.2, 0) is 0 Å². The molecule has 4 heteroatoms. The molecule has 0 unspecified atom stereocenters. The van der Waals surface area contributed by atoms with Gasteiger partial charge in [0.2, 0.25) is 0 Å². The highest BCUT2D eigenvalue weighted by molar-refractivity contribution is 6.32. The highest BCUT2D eigenvalue weighted by Crippen LogP contribution is 2.37. The van der Waals surface area contributed by atoms with E-state index in [9.17, 15) is 0 Å². The second kappa shape index (κ2) is 5.84. The summed E-state index contributed by atoms with van der Waals surface area (Å²) in [4.78, 5) is 4.77. The van der Waals surface area contributed by atoms with Gasteiger partial charge in [-0.25, -0.2) is 4.99 Å². The first kappa shape index (κ1) is 15.0. The van der Waals surface area contributed by atoms with Crippen LogP contribution in [0.4, 0.5) is 11.4 Å². The number of hydrogen-bond acceptors (Lipinski definition) is 3. The maximum absolute atomic E-state index is 6.37. The van der Waals surface area contributed by atoms with Gasteiger partial charge >= 0.3 is 0 Å². The molecule has 0 saturated heterocycles. The van der Waals surface area contributed by atoms with E-state index in [1.165, 1.54) is 5.39 Å². The van der Waals surface area contributed by atoms with E-state index in [1.54, 1.807) is 0 Å². The molecule has 1 aliphatic rings. The van der Waals surface area contributed by atoms with Gasteiger partial charge < -0.3 is 10.1 Å². The van der Waals surface area contributed by atoms with E-state index in [1.807, 2.05) is 50.2 Å². The Morgan fingerprint density at radius 1 is 1.04 bits per heavy atom. The van der Waals surface area contributed by atoms with Crippen LogP contribution >= 0.6 is 11.6 Å². The fourth-order valence-corrected chi connectivity index (χ4v) is 3.15. The quantitative estimate of drug-likeness (QED) is 0.657. The average molecular weight is 337 g/mol. The molecule has 0 atom stereocenters. The highest BCUT2D eigenvalue weighted by atomic mass is 35.5. The SMILES string of the molecule is CC(C)Oc1ccc(C2=Nc3cccc4cccc(c34)N2)cc1Cl. The number of hydrogen-bond donors (Lipinski definition) is 1. The van der Waals surface area contributed by atoms with E-state index < -0.39 is 0 Å². The van der Waals surface area contributed by atoms with Gasteiger partial charge in [0, 0.05) is 16.6 Å². The number of ether oxygens (including phenoxy) is 1. The van der Waals surface area contributed by atoms with Gasteiger partial charge in [0.05, 0.1) is 16.8 Å². The fraction of sp³-hybridized carbons (Fsp3) is 0.150. The second-order valence-electron chi connectivity index (χ2n) is 6.08. The monoisotopic (exact) mass is 336 g/mol. The molecule has 24 heavy (non-hydrogen) atoms. The van der Waals surface area contributed by atoms with Crippen molar-refractivity contribution in [2.45, 2.75) is 20.0 Å². The van der Waals surface area contributed by atoms with Crippen molar-refractivity contribution in [1.82, 2.24) is 0 Å². The van der Waals surface area contributed by atoms with Crippen LogP contribution in [0, 0.1) is 0 Å². The second-order valence-corrected chi connectivity index (χ2v) is 6.49. The Kier molecular flexibility index (Phi) is 3.66. The summed E-state index contributed by atoms with van der Waals surface area (Å²) in [6, 6.07) is 18.1. The van der Waals surface area contributed by atoms with E-state index in [4.69, 9.17) is 21.3 Å². The number of anilines is 1. The molecule has 3 nitrogen and oxygen atoms in total. The van der Waals surface area contributed by atoms with E-state index >= 15 is 0 Å². The Bertz CT molecular complexity index is 958. The third-order valence-corrected chi connectivity index (χ3v) is 4.23. The van der Waals surface area contributed by atoms with Crippen molar-refractivity contribution in [1.29, 1.82) is 0 Å². The van der Waals surface area contributed by atoms with Crippen molar-refractivity contribution in [3.05, 3.63) is 65.2 Å². The molecular formula is C20H17ClN2O. The Labute approximate surface area is 145 Å². The fourth-order valence-electron chi connectivity index (χ4n) is 2.93. The van der Waals surface area contributed by atoms with Crippen LogP contribution < -0.4 is 10.1 Å². The molecule has 0 bridgehead atoms. The lowest BCUT2D eigenvalue weighted by Gasteiger charge is -2.20. The average Bonchev–Trinajstić information content (AvgIpc) is 2.57. The van der Waals surface area contributed by atoms with E-state index in [0.29, 0.717) is 10.8 Å². The maximum atomic E-state index is 6.37. The van der Waals surface area contributed by atoms with Crippen LogP contribution in [-0.4, -0.2) is 11.9 Å². The summed E-state index contributed by atoms with van der Waals surface area (Å²) >= 11 is 6.37. The maximum Gasteiger partial charge on any atom is 0.138 e. The molecule has 3 aromatic rings. The molecule has 3 aromatic carbocycles. The number of benzene rings is 3. The molecule has 0 fully saturated rings. The number of aliphatic imine (C=N–C) groups is 1. The molecule has 1 heterocycles. The van der Waals surface area contributed by atoms with Crippen LogP contribution in [0.25, 0.3) is 10.8 Å². The normalized spacial score (nSPS) is 12.9. The van der Waals surface area contributed by atoms with E-state index in [-0.39, 0.29) is 6.10 Å². The summed E-state index contributed by atoms with van der Waals surface area (Å²) in [5.41, 5.74) is 2.96. The van der Waals surface area contributed by atoms with Gasteiger partial charge in [0.15, 0.2) is 0 Å². The smallest absolute Gasteiger partial charge is 0.138 e. The summed E-state index contributed by atoms with van der Waals surface area (Å²) < 4.78 is 5.70. The molecule has 0 aromatic heterocycles. The minimum absolute atomic E-state index is 0.0861. The van der Waals surface area contributed by atoms with Gasteiger partial charge in [-0.05, 0) is 49.6 Å². The van der Waals surface area contributed by atoms with Crippen molar-refractivity contribution in [2.75, 3.05) is 5.32 Å². The molecule has 1 N–H and O–H groups in total. The number of rotatable bonds is 3. The third kappa shape index (κ3) is 2.61. The Hall–Kier alpha value is -2.52. The predicted octanol–water partition coefficient (Wildman–Crippen LogP) is 5.78.